The average Bonchev–Trinajstić information content (AvgIpc) is 2.51. The minimum Gasteiger partial charge on any atom is -0.508 e. The summed E-state index contributed by atoms with van der Waals surface area (Å²) < 4.78 is 13.6. The molecule has 134 valence electrons. The molecule has 0 heterocycles. The van der Waals surface area contributed by atoms with Gasteiger partial charge in [0.1, 0.15) is 11.6 Å². The van der Waals surface area contributed by atoms with Crippen LogP contribution in [0.3, 0.4) is 0 Å². The topological polar surface area (TPSA) is 77.8 Å². The first-order valence-electron chi connectivity index (χ1n) is 8.04. The van der Waals surface area contributed by atoms with Crippen LogP contribution < -0.4 is 0 Å². The van der Waals surface area contributed by atoms with Crippen LogP contribution in [0.4, 0.5) is 4.39 Å². The number of carbonyl (C=O) groups is 1. The van der Waals surface area contributed by atoms with Crippen molar-refractivity contribution in [2.45, 2.75) is 44.6 Å². The molecule has 4 nitrogen and oxygen atoms in total. The summed E-state index contributed by atoms with van der Waals surface area (Å²) in [6.07, 6.45) is -0.255. The Balaban J connectivity index is 2.39. The van der Waals surface area contributed by atoms with E-state index in [1.807, 2.05) is 19.1 Å². The maximum Gasteiger partial charge on any atom is 0.336 e. The average molecular weight is 346 g/mol. The largest absolute Gasteiger partial charge is 0.508 e. The van der Waals surface area contributed by atoms with Crippen molar-refractivity contribution in [3.05, 3.63) is 65.0 Å². The van der Waals surface area contributed by atoms with Gasteiger partial charge in [-0.25, -0.2) is 9.18 Å². The van der Waals surface area contributed by atoms with Gasteiger partial charge in [-0.15, -0.1) is 0 Å². The van der Waals surface area contributed by atoms with E-state index in [2.05, 4.69) is 0 Å². The van der Waals surface area contributed by atoms with Gasteiger partial charge in [0.2, 0.25) is 0 Å². The van der Waals surface area contributed by atoms with Crippen molar-refractivity contribution in [3.8, 4) is 5.75 Å². The highest BCUT2D eigenvalue weighted by Crippen LogP contribution is 2.39. The van der Waals surface area contributed by atoms with Gasteiger partial charge in [-0.1, -0.05) is 38.1 Å². The van der Waals surface area contributed by atoms with E-state index in [4.69, 9.17) is 0 Å². The predicted octanol–water partition coefficient (Wildman–Crippen LogP) is 3.57. The zero-order chi connectivity index (χ0) is 18.8. The highest BCUT2D eigenvalue weighted by atomic mass is 19.1. The standard InChI is InChI=1S/C20H23FO4/c1-13-6-4-5-7-14(13)11-20(25,18(23)24)12-19(2,3)16-10-15(21)8-9-17(16)22/h4-10,22,25H,11-12H2,1-3H3,(H,23,24). The van der Waals surface area contributed by atoms with Gasteiger partial charge in [0.15, 0.2) is 5.60 Å². The highest BCUT2D eigenvalue weighted by molar-refractivity contribution is 5.78. The Kier molecular flexibility index (Phi) is 5.18. The molecule has 1 atom stereocenters. The summed E-state index contributed by atoms with van der Waals surface area (Å²) in [7, 11) is 0. The molecule has 0 aliphatic heterocycles. The highest BCUT2D eigenvalue weighted by Gasteiger charge is 2.43. The molecule has 25 heavy (non-hydrogen) atoms. The van der Waals surface area contributed by atoms with Crippen molar-refractivity contribution in [2.75, 3.05) is 0 Å². The van der Waals surface area contributed by atoms with Crippen LogP contribution in [0.1, 0.15) is 37.0 Å². The molecule has 2 aromatic rings. The number of hydrogen-bond acceptors (Lipinski definition) is 3. The van der Waals surface area contributed by atoms with E-state index >= 15 is 0 Å². The first kappa shape index (κ1) is 18.9. The lowest BCUT2D eigenvalue weighted by Gasteiger charge is -2.34. The minimum atomic E-state index is -2.05. The summed E-state index contributed by atoms with van der Waals surface area (Å²) in [5, 5.41) is 30.5. The molecule has 0 amide bonds. The Labute approximate surface area is 146 Å². The van der Waals surface area contributed by atoms with Crippen molar-refractivity contribution in [1.82, 2.24) is 0 Å². The Hall–Kier alpha value is -2.40. The van der Waals surface area contributed by atoms with Crippen molar-refractivity contribution < 1.29 is 24.5 Å². The third-order valence-corrected chi connectivity index (χ3v) is 4.56. The summed E-state index contributed by atoms with van der Waals surface area (Å²) in [5.74, 6) is -2.01. The molecule has 2 aromatic carbocycles. The summed E-state index contributed by atoms with van der Waals surface area (Å²) in [6, 6.07) is 10.8. The van der Waals surface area contributed by atoms with Crippen LogP contribution in [-0.4, -0.2) is 26.9 Å². The van der Waals surface area contributed by atoms with Gasteiger partial charge in [-0.05, 0) is 48.1 Å². The number of rotatable bonds is 6. The van der Waals surface area contributed by atoms with E-state index < -0.39 is 22.8 Å². The molecule has 0 saturated heterocycles. The summed E-state index contributed by atoms with van der Waals surface area (Å²) in [4.78, 5) is 11.8. The number of carboxylic acids is 1. The van der Waals surface area contributed by atoms with Crippen LogP contribution in [0.5, 0.6) is 5.75 Å². The molecule has 5 heteroatoms. The van der Waals surface area contributed by atoms with Gasteiger partial charge in [0.25, 0.3) is 0 Å². The van der Waals surface area contributed by atoms with Gasteiger partial charge in [0, 0.05) is 12.0 Å². The van der Waals surface area contributed by atoms with Crippen LogP contribution >= 0.6 is 0 Å². The third-order valence-electron chi connectivity index (χ3n) is 4.56. The number of halogens is 1. The molecule has 0 aliphatic carbocycles. The second kappa shape index (κ2) is 6.84. The van der Waals surface area contributed by atoms with Crippen LogP contribution in [0.2, 0.25) is 0 Å². The monoisotopic (exact) mass is 346 g/mol. The number of carboxylic acid groups (broad SMARTS) is 1. The fourth-order valence-corrected chi connectivity index (χ4v) is 3.21. The molecule has 0 fully saturated rings. The summed E-state index contributed by atoms with van der Waals surface area (Å²) in [5.41, 5.74) is -1.13. The van der Waals surface area contributed by atoms with E-state index in [0.717, 1.165) is 17.2 Å². The van der Waals surface area contributed by atoms with Crippen molar-refractivity contribution in [1.29, 1.82) is 0 Å². The lowest BCUT2D eigenvalue weighted by Crippen LogP contribution is -2.46. The van der Waals surface area contributed by atoms with Crippen molar-refractivity contribution in [3.63, 3.8) is 0 Å². The lowest BCUT2D eigenvalue weighted by molar-refractivity contribution is -0.160. The van der Waals surface area contributed by atoms with Gasteiger partial charge in [-0.2, -0.15) is 0 Å². The number of phenols is 1. The van der Waals surface area contributed by atoms with Crippen LogP contribution in [0.25, 0.3) is 0 Å². The zero-order valence-corrected chi connectivity index (χ0v) is 14.6. The molecule has 2 rings (SSSR count). The third kappa shape index (κ3) is 4.17. The molecule has 0 spiro atoms. The lowest BCUT2D eigenvalue weighted by atomic mass is 9.73. The second-order valence-electron chi connectivity index (χ2n) is 7.16. The van der Waals surface area contributed by atoms with Crippen molar-refractivity contribution in [2.24, 2.45) is 0 Å². The number of aryl methyl sites for hydroxylation is 1. The van der Waals surface area contributed by atoms with Gasteiger partial charge >= 0.3 is 5.97 Å². The normalized spacial score (nSPS) is 14.1. The molecule has 0 radical (unpaired) electrons. The fraction of sp³-hybridized carbons (Fsp3) is 0.350. The maximum atomic E-state index is 13.6. The van der Waals surface area contributed by atoms with Crippen LogP contribution in [0.15, 0.2) is 42.5 Å². The molecule has 0 aromatic heterocycles. The Bertz CT molecular complexity index is 785. The molecule has 3 N–H and O–H groups in total. The van der Waals surface area contributed by atoms with Gasteiger partial charge < -0.3 is 15.3 Å². The molecular formula is C20H23FO4. The first-order valence-corrected chi connectivity index (χ1v) is 8.04. The van der Waals surface area contributed by atoms with Crippen LogP contribution in [0, 0.1) is 12.7 Å². The smallest absolute Gasteiger partial charge is 0.336 e. The molecular weight excluding hydrogens is 323 g/mol. The number of aromatic hydroxyl groups is 1. The van der Waals surface area contributed by atoms with E-state index in [-0.39, 0.29) is 24.2 Å². The Morgan fingerprint density at radius 2 is 1.80 bits per heavy atom. The fourth-order valence-electron chi connectivity index (χ4n) is 3.21. The number of aliphatic carboxylic acids is 1. The van der Waals surface area contributed by atoms with Crippen LogP contribution in [-0.2, 0) is 16.6 Å². The van der Waals surface area contributed by atoms with Gasteiger partial charge in [-0.3, -0.25) is 0 Å². The van der Waals surface area contributed by atoms with E-state index in [1.165, 1.54) is 12.1 Å². The van der Waals surface area contributed by atoms with E-state index in [9.17, 15) is 24.5 Å². The molecule has 0 saturated carbocycles. The van der Waals surface area contributed by atoms with E-state index in [1.54, 1.807) is 26.0 Å². The van der Waals surface area contributed by atoms with E-state index in [0.29, 0.717) is 0 Å². The number of phenolic OH excluding ortho intramolecular Hbond substituents is 1. The first-order chi connectivity index (χ1) is 11.5. The molecule has 0 bridgehead atoms. The number of aliphatic hydroxyl groups is 1. The minimum absolute atomic E-state index is 0.0749. The number of hydrogen-bond donors (Lipinski definition) is 3. The molecule has 1 unspecified atom stereocenters. The van der Waals surface area contributed by atoms with Gasteiger partial charge in [0.05, 0.1) is 0 Å². The maximum absolute atomic E-state index is 13.6. The Morgan fingerprint density at radius 1 is 1.16 bits per heavy atom. The predicted molar refractivity (Wildman–Crippen MR) is 93.2 cm³/mol. The Morgan fingerprint density at radius 3 is 2.40 bits per heavy atom. The van der Waals surface area contributed by atoms with Crippen molar-refractivity contribution >= 4 is 5.97 Å². The number of benzene rings is 2. The SMILES string of the molecule is Cc1ccccc1CC(O)(CC(C)(C)c1cc(F)ccc1O)C(=O)O. The molecule has 0 aliphatic rings. The summed E-state index contributed by atoms with van der Waals surface area (Å²) >= 11 is 0. The summed E-state index contributed by atoms with van der Waals surface area (Å²) in [6.45, 7) is 5.20. The second-order valence-corrected chi connectivity index (χ2v) is 7.16. The zero-order valence-electron chi connectivity index (χ0n) is 14.6. The quantitative estimate of drug-likeness (QED) is 0.747.